The Morgan fingerprint density at radius 1 is 1.47 bits per heavy atom. The van der Waals surface area contributed by atoms with E-state index >= 15 is 0 Å². The van der Waals surface area contributed by atoms with Gasteiger partial charge in [0.15, 0.2) is 5.65 Å². The summed E-state index contributed by atoms with van der Waals surface area (Å²) in [4.78, 5) is 14.7. The van der Waals surface area contributed by atoms with E-state index in [9.17, 15) is 4.79 Å². The van der Waals surface area contributed by atoms with Crippen molar-refractivity contribution in [2.75, 3.05) is 6.61 Å². The first-order chi connectivity index (χ1) is 7.22. The minimum atomic E-state index is -1.05. The summed E-state index contributed by atoms with van der Waals surface area (Å²) in [7, 11) is 0. The Bertz CT molecular complexity index is 506. The van der Waals surface area contributed by atoms with Crippen molar-refractivity contribution in [2.45, 2.75) is 6.42 Å². The second-order valence-corrected chi connectivity index (χ2v) is 3.07. The lowest BCUT2D eigenvalue weighted by Gasteiger charge is -1.98. The number of carboxylic acids is 1. The van der Waals surface area contributed by atoms with E-state index in [2.05, 4.69) is 10.1 Å². The molecule has 0 amide bonds. The van der Waals surface area contributed by atoms with Gasteiger partial charge in [0.1, 0.15) is 5.56 Å². The van der Waals surface area contributed by atoms with E-state index in [1.165, 1.54) is 10.7 Å². The molecule has 0 atom stereocenters. The van der Waals surface area contributed by atoms with Crippen LogP contribution in [0.5, 0.6) is 0 Å². The zero-order chi connectivity index (χ0) is 10.8. The topological polar surface area (TPSA) is 87.7 Å². The standard InChI is InChI=1S/C9H9N3O3/c13-2-1-6-3-10-8-7(9(14)15)4-11-12(8)5-6/h3-5,13H,1-2H2,(H,14,15). The highest BCUT2D eigenvalue weighted by molar-refractivity contribution is 5.93. The number of aromatic nitrogens is 3. The number of carbonyl (C=O) groups is 1. The number of carboxylic acid groups (broad SMARTS) is 1. The molecule has 0 saturated heterocycles. The Balaban J connectivity index is 2.51. The molecule has 0 spiro atoms. The van der Waals surface area contributed by atoms with Crippen molar-refractivity contribution in [3.8, 4) is 0 Å². The fourth-order valence-electron chi connectivity index (χ4n) is 1.32. The first-order valence-corrected chi connectivity index (χ1v) is 4.39. The third kappa shape index (κ3) is 1.66. The fourth-order valence-corrected chi connectivity index (χ4v) is 1.32. The van der Waals surface area contributed by atoms with Gasteiger partial charge in [0.05, 0.1) is 6.20 Å². The van der Waals surface area contributed by atoms with Crippen LogP contribution in [0.1, 0.15) is 15.9 Å². The molecule has 15 heavy (non-hydrogen) atoms. The van der Waals surface area contributed by atoms with Gasteiger partial charge in [0.25, 0.3) is 0 Å². The molecule has 0 fully saturated rings. The Morgan fingerprint density at radius 3 is 2.93 bits per heavy atom. The Labute approximate surface area is 84.8 Å². The minimum Gasteiger partial charge on any atom is -0.477 e. The van der Waals surface area contributed by atoms with E-state index in [1.54, 1.807) is 12.4 Å². The monoisotopic (exact) mass is 207 g/mol. The molecule has 0 aromatic carbocycles. The van der Waals surface area contributed by atoms with E-state index in [-0.39, 0.29) is 12.2 Å². The Hall–Kier alpha value is -1.95. The van der Waals surface area contributed by atoms with Gasteiger partial charge in [-0.25, -0.2) is 14.3 Å². The number of nitrogens with zero attached hydrogens (tertiary/aromatic N) is 3. The van der Waals surface area contributed by atoms with E-state index in [4.69, 9.17) is 10.2 Å². The maximum Gasteiger partial charge on any atom is 0.341 e. The van der Waals surface area contributed by atoms with Gasteiger partial charge in [0, 0.05) is 19.0 Å². The molecule has 6 heteroatoms. The van der Waals surface area contributed by atoms with E-state index in [0.717, 1.165) is 5.56 Å². The molecule has 2 N–H and O–H groups in total. The molecule has 78 valence electrons. The van der Waals surface area contributed by atoms with Gasteiger partial charge < -0.3 is 10.2 Å². The molecule has 2 heterocycles. The molecule has 0 bridgehead atoms. The van der Waals surface area contributed by atoms with Gasteiger partial charge in [-0.1, -0.05) is 0 Å². The van der Waals surface area contributed by atoms with Gasteiger partial charge in [-0.2, -0.15) is 5.10 Å². The van der Waals surface area contributed by atoms with Crippen molar-refractivity contribution in [3.63, 3.8) is 0 Å². The number of aliphatic hydroxyl groups is 1. The zero-order valence-electron chi connectivity index (χ0n) is 7.79. The number of aliphatic hydroxyl groups excluding tert-OH is 1. The third-order valence-electron chi connectivity index (χ3n) is 2.04. The summed E-state index contributed by atoms with van der Waals surface area (Å²) in [5.41, 5.74) is 1.19. The average molecular weight is 207 g/mol. The van der Waals surface area contributed by atoms with E-state index in [0.29, 0.717) is 12.1 Å². The van der Waals surface area contributed by atoms with Crippen LogP contribution in [-0.4, -0.2) is 37.4 Å². The van der Waals surface area contributed by atoms with Crippen LogP contribution in [-0.2, 0) is 6.42 Å². The SMILES string of the molecule is O=C(O)c1cnn2cc(CCO)cnc12. The Morgan fingerprint density at radius 2 is 2.27 bits per heavy atom. The van der Waals surface area contributed by atoms with E-state index < -0.39 is 5.97 Å². The zero-order valence-corrected chi connectivity index (χ0v) is 7.79. The molecule has 2 aromatic heterocycles. The third-order valence-corrected chi connectivity index (χ3v) is 2.04. The number of hydrogen-bond acceptors (Lipinski definition) is 4. The summed E-state index contributed by atoms with van der Waals surface area (Å²) in [5.74, 6) is -1.05. The van der Waals surface area contributed by atoms with Crippen LogP contribution in [0.4, 0.5) is 0 Å². The second-order valence-electron chi connectivity index (χ2n) is 3.07. The number of fused-ring (bicyclic) bond motifs is 1. The van der Waals surface area contributed by atoms with Crippen molar-refractivity contribution < 1.29 is 15.0 Å². The smallest absolute Gasteiger partial charge is 0.341 e. The average Bonchev–Trinajstić information content (AvgIpc) is 2.61. The van der Waals surface area contributed by atoms with Crippen LogP contribution in [0, 0.1) is 0 Å². The highest BCUT2D eigenvalue weighted by Crippen LogP contribution is 2.08. The van der Waals surface area contributed by atoms with Crippen LogP contribution in [0.2, 0.25) is 0 Å². The predicted octanol–water partition coefficient (Wildman–Crippen LogP) is -0.0377. The maximum atomic E-state index is 10.8. The summed E-state index contributed by atoms with van der Waals surface area (Å²) < 4.78 is 1.40. The van der Waals surface area contributed by atoms with Crippen molar-refractivity contribution in [1.82, 2.24) is 14.6 Å². The second kappa shape index (κ2) is 3.66. The van der Waals surface area contributed by atoms with Crippen LogP contribution < -0.4 is 0 Å². The van der Waals surface area contributed by atoms with Crippen LogP contribution in [0.25, 0.3) is 5.65 Å². The van der Waals surface area contributed by atoms with Crippen molar-refractivity contribution in [3.05, 3.63) is 29.7 Å². The van der Waals surface area contributed by atoms with Crippen molar-refractivity contribution in [2.24, 2.45) is 0 Å². The molecule has 6 nitrogen and oxygen atoms in total. The summed E-state index contributed by atoms with van der Waals surface area (Å²) in [5, 5.41) is 21.4. The lowest BCUT2D eigenvalue weighted by Crippen LogP contribution is -2.00. The highest BCUT2D eigenvalue weighted by atomic mass is 16.4. The van der Waals surface area contributed by atoms with Gasteiger partial charge in [0.2, 0.25) is 0 Å². The molecule has 0 saturated carbocycles. The van der Waals surface area contributed by atoms with Crippen LogP contribution in [0.3, 0.4) is 0 Å². The van der Waals surface area contributed by atoms with Gasteiger partial charge in [-0.3, -0.25) is 0 Å². The molecule has 0 aliphatic rings. The summed E-state index contributed by atoms with van der Waals surface area (Å²) in [6, 6.07) is 0. The lowest BCUT2D eigenvalue weighted by molar-refractivity contribution is 0.0698. The van der Waals surface area contributed by atoms with Gasteiger partial charge in [-0.15, -0.1) is 0 Å². The minimum absolute atomic E-state index is 0.0280. The first kappa shape index (κ1) is 9.60. The predicted molar refractivity (Wildman–Crippen MR) is 50.7 cm³/mol. The highest BCUT2D eigenvalue weighted by Gasteiger charge is 2.12. The molecular weight excluding hydrogens is 198 g/mol. The summed E-state index contributed by atoms with van der Waals surface area (Å²) in [6.07, 6.45) is 4.93. The largest absolute Gasteiger partial charge is 0.477 e. The van der Waals surface area contributed by atoms with Crippen LogP contribution >= 0.6 is 0 Å². The van der Waals surface area contributed by atoms with E-state index in [1.807, 2.05) is 0 Å². The molecule has 2 rings (SSSR count). The Kier molecular flexibility index (Phi) is 2.34. The van der Waals surface area contributed by atoms with Crippen molar-refractivity contribution >= 4 is 11.6 Å². The molecule has 2 aromatic rings. The molecule has 0 unspecified atom stereocenters. The van der Waals surface area contributed by atoms with Crippen LogP contribution in [0.15, 0.2) is 18.6 Å². The summed E-state index contributed by atoms with van der Waals surface area (Å²) >= 11 is 0. The molecule has 0 radical (unpaired) electrons. The number of aromatic carboxylic acids is 1. The van der Waals surface area contributed by atoms with Gasteiger partial charge in [-0.05, 0) is 12.0 Å². The maximum absolute atomic E-state index is 10.8. The fraction of sp³-hybridized carbons (Fsp3) is 0.222. The molecule has 0 aliphatic carbocycles. The van der Waals surface area contributed by atoms with Gasteiger partial charge >= 0.3 is 5.97 Å². The quantitative estimate of drug-likeness (QED) is 0.737. The number of hydrogen-bond donors (Lipinski definition) is 2. The molecular formula is C9H9N3O3. The normalized spacial score (nSPS) is 10.7. The lowest BCUT2D eigenvalue weighted by atomic mass is 10.2. The first-order valence-electron chi connectivity index (χ1n) is 4.39. The van der Waals surface area contributed by atoms with Crippen molar-refractivity contribution in [1.29, 1.82) is 0 Å². The molecule has 0 aliphatic heterocycles. The summed E-state index contributed by atoms with van der Waals surface area (Å²) in [6.45, 7) is 0.0280. The number of rotatable bonds is 3.